The van der Waals surface area contributed by atoms with Crippen LogP contribution < -0.4 is 0 Å². The van der Waals surface area contributed by atoms with Crippen LogP contribution >= 0.6 is 34.8 Å². The number of nitrogens with one attached hydrogen (secondary N) is 1. The van der Waals surface area contributed by atoms with Gasteiger partial charge < -0.3 is 47.4 Å². The van der Waals surface area contributed by atoms with Gasteiger partial charge in [-0.2, -0.15) is 0 Å². The standard InChI is InChI=1S/C41H47Cl3N2O16/c1-21(47)55-31-28(20-54-18-26-15-11-8-12-16-26)60-36(34(58-24(4)50)33(31)57-23(3)49)61-30-27(19-53-17-25-13-9-7-10-14-25)59-35(62-37(45)41(42,43)44)29(32(30)56-22(2)48)46-38(51)40(5,6)39(46)52/h7-16,27-36,45H,17-20H2,1-6H3/t27-,28-,29-,30-,31+,32-,33+,34-,35+,36+/m1/s1. The van der Waals surface area contributed by atoms with Crippen molar-refractivity contribution in [2.45, 2.75) is 120 Å². The molecule has 3 aliphatic heterocycles. The van der Waals surface area contributed by atoms with Gasteiger partial charge in [-0.05, 0) is 25.0 Å². The summed E-state index contributed by atoms with van der Waals surface area (Å²) in [6.07, 6.45) is -14.5. The van der Waals surface area contributed by atoms with Crippen LogP contribution in [0.15, 0.2) is 60.7 Å². The number of rotatable bonds is 16. The second-order valence-corrected chi connectivity index (χ2v) is 17.3. The van der Waals surface area contributed by atoms with E-state index in [0.29, 0.717) is 0 Å². The fourth-order valence-electron chi connectivity index (χ4n) is 7.06. The van der Waals surface area contributed by atoms with Gasteiger partial charge in [0, 0.05) is 27.7 Å². The van der Waals surface area contributed by atoms with Gasteiger partial charge in [0.1, 0.15) is 29.8 Å². The van der Waals surface area contributed by atoms with E-state index >= 15 is 0 Å². The third-order valence-electron chi connectivity index (χ3n) is 9.79. The molecule has 0 radical (unpaired) electrons. The lowest BCUT2D eigenvalue weighted by molar-refractivity contribution is -0.352. The molecule has 338 valence electrons. The van der Waals surface area contributed by atoms with Crippen LogP contribution in [0.4, 0.5) is 0 Å². The molecule has 18 nitrogen and oxygen atoms in total. The highest BCUT2D eigenvalue weighted by atomic mass is 35.6. The number of likely N-dealkylation sites (tertiary alicyclic amines) is 1. The summed E-state index contributed by atoms with van der Waals surface area (Å²) in [6.45, 7) is 6.43. The summed E-state index contributed by atoms with van der Waals surface area (Å²) in [4.78, 5) is 79.1. The first-order chi connectivity index (χ1) is 29.2. The summed E-state index contributed by atoms with van der Waals surface area (Å²) in [5.41, 5.74) is -0.0204. The first-order valence-electron chi connectivity index (χ1n) is 19.3. The third-order valence-corrected chi connectivity index (χ3v) is 10.3. The SMILES string of the molecule is CC(=O)O[C@H]1[C@@H](OC(C)=O)[C@@H](COCc2ccccc2)O[C@@H](O[C@H]2[C@H](OC(C)=O)[C@@H](N3C(=O)C(C)(C)C3=O)[C@H](OC(=N)C(Cl)(Cl)Cl)O[C@@H]2COCc2ccccc2)[C@@H]1OC(C)=O. The Bertz CT molecular complexity index is 1930. The maximum absolute atomic E-state index is 13.7. The number of amides is 2. The maximum atomic E-state index is 13.7. The number of alkyl halides is 3. The Balaban J connectivity index is 1.61. The fourth-order valence-corrected chi connectivity index (χ4v) is 7.19. The van der Waals surface area contributed by atoms with Gasteiger partial charge >= 0.3 is 23.9 Å². The number of hydrogen-bond acceptors (Lipinski definition) is 17. The van der Waals surface area contributed by atoms with Gasteiger partial charge in [0.25, 0.3) is 3.79 Å². The molecule has 0 aromatic heterocycles. The minimum absolute atomic E-state index is 0.0112. The number of hydrogen-bond donors (Lipinski definition) is 1. The molecule has 10 atom stereocenters. The van der Waals surface area contributed by atoms with Crippen molar-refractivity contribution in [2.75, 3.05) is 13.2 Å². The van der Waals surface area contributed by atoms with Crippen molar-refractivity contribution in [3.63, 3.8) is 0 Å². The predicted octanol–water partition coefficient (Wildman–Crippen LogP) is 4.11. The highest BCUT2D eigenvalue weighted by Gasteiger charge is 2.65. The van der Waals surface area contributed by atoms with E-state index in [9.17, 15) is 28.8 Å². The van der Waals surface area contributed by atoms with Crippen LogP contribution in [0.2, 0.25) is 0 Å². The van der Waals surface area contributed by atoms with Crippen LogP contribution in [0.25, 0.3) is 0 Å². The zero-order valence-corrected chi connectivity index (χ0v) is 36.8. The Hall–Kier alpha value is -4.40. The van der Waals surface area contributed by atoms with Crippen molar-refractivity contribution >= 4 is 76.4 Å². The molecule has 0 bridgehead atoms. The van der Waals surface area contributed by atoms with E-state index in [2.05, 4.69) is 0 Å². The van der Waals surface area contributed by atoms with Crippen LogP contribution in [-0.2, 0) is 89.3 Å². The van der Waals surface area contributed by atoms with E-state index in [0.717, 1.165) is 43.7 Å². The summed E-state index contributed by atoms with van der Waals surface area (Å²) in [5, 5.41) is 8.40. The minimum atomic E-state index is -2.46. The van der Waals surface area contributed by atoms with Gasteiger partial charge in [-0.3, -0.25) is 39.1 Å². The van der Waals surface area contributed by atoms with E-state index in [1.165, 1.54) is 13.8 Å². The molecule has 2 aromatic carbocycles. The molecule has 2 aromatic rings. The number of carbonyl (C=O) groups is 6. The van der Waals surface area contributed by atoms with Crippen molar-refractivity contribution in [1.29, 1.82) is 5.41 Å². The van der Waals surface area contributed by atoms with Gasteiger partial charge in [0.05, 0.1) is 26.4 Å². The van der Waals surface area contributed by atoms with E-state index in [-0.39, 0.29) is 19.8 Å². The van der Waals surface area contributed by atoms with E-state index in [1.807, 2.05) is 18.2 Å². The van der Waals surface area contributed by atoms with Gasteiger partial charge in [-0.1, -0.05) is 95.5 Å². The number of halogens is 3. The van der Waals surface area contributed by atoms with Gasteiger partial charge in [-0.25, -0.2) is 0 Å². The summed E-state index contributed by atoms with van der Waals surface area (Å²) < 4.78 is 57.4. The molecule has 0 saturated carbocycles. The van der Waals surface area contributed by atoms with Crippen molar-refractivity contribution in [3.05, 3.63) is 71.8 Å². The lowest BCUT2D eigenvalue weighted by atomic mass is 9.78. The smallest absolute Gasteiger partial charge is 0.303 e. The molecule has 0 spiro atoms. The average Bonchev–Trinajstić information content (AvgIpc) is 3.19. The van der Waals surface area contributed by atoms with E-state index < -0.39 is 119 Å². The summed E-state index contributed by atoms with van der Waals surface area (Å²) >= 11 is 18.0. The number of esters is 4. The zero-order chi connectivity index (χ0) is 45.5. The third kappa shape index (κ3) is 12.0. The number of ether oxygens (including phenoxy) is 10. The van der Waals surface area contributed by atoms with Crippen molar-refractivity contribution in [3.8, 4) is 0 Å². The molecule has 3 aliphatic rings. The Morgan fingerprint density at radius 3 is 1.52 bits per heavy atom. The topological polar surface area (TPSA) is 222 Å². The largest absolute Gasteiger partial charge is 0.457 e. The van der Waals surface area contributed by atoms with Crippen LogP contribution in [0.1, 0.15) is 52.7 Å². The molecule has 2 amide bonds. The molecular formula is C41H47Cl3N2O16. The quantitative estimate of drug-likeness (QED) is 0.0476. The van der Waals surface area contributed by atoms with Gasteiger partial charge in [-0.15, -0.1) is 0 Å². The van der Waals surface area contributed by atoms with E-state index in [4.69, 9.17) is 87.6 Å². The number of β-lactam (4-membered cyclic amide) rings is 2. The Morgan fingerprint density at radius 2 is 1.05 bits per heavy atom. The molecule has 0 unspecified atom stereocenters. The first-order valence-corrected chi connectivity index (χ1v) is 20.4. The maximum Gasteiger partial charge on any atom is 0.303 e. The van der Waals surface area contributed by atoms with Gasteiger partial charge in [0.15, 0.2) is 30.7 Å². The highest BCUT2D eigenvalue weighted by Crippen LogP contribution is 2.43. The molecule has 3 saturated heterocycles. The minimum Gasteiger partial charge on any atom is -0.457 e. The average molecular weight is 930 g/mol. The first kappa shape index (κ1) is 48.6. The number of nitrogens with zero attached hydrogens (tertiary/aromatic N) is 1. The summed E-state index contributed by atoms with van der Waals surface area (Å²) in [7, 11) is 0. The van der Waals surface area contributed by atoms with Crippen LogP contribution in [0.3, 0.4) is 0 Å². The monoisotopic (exact) mass is 928 g/mol. The number of imide groups is 1. The van der Waals surface area contributed by atoms with Crippen molar-refractivity contribution in [1.82, 2.24) is 4.90 Å². The van der Waals surface area contributed by atoms with Crippen LogP contribution in [0.5, 0.6) is 0 Å². The predicted molar refractivity (Wildman–Crippen MR) is 215 cm³/mol. The second kappa shape index (κ2) is 20.9. The normalized spacial score (nSPS) is 28.2. The molecule has 5 rings (SSSR count). The Labute approximate surface area is 372 Å². The molecule has 3 fully saturated rings. The lowest BCUT2D eigenvalue weighted by Crippen LogP contribution is -2.76. The number of carbonyl (C=O) groups excluding carboxylic acids is 6. The molecule has 1 N–H and O–H groups in total. The second-order valence-electron chi connectivity index (χ2n) is 15.0. The Morgan fingerprint density at radius 1 is 0.629 bits per heavy atom. The van der Waals surface area contributed by atoms with Crippen molar-refractivity contribution < 1.29 is 76.1 Å². The van der Waals surface area contributed by atoms with Crippen molar-refractivity contribution in [2.24, 2.45) is 5.41 Å². The Kier molecular flexibility index (Phi) is 16.4. The van der Waals surface area contributed by atoms with Crippen LogP contribution in [0, 0.1) is 10.8 Å². The van der Waals surface area contributed by atoms with Crippen LogP contribution in [-0.4, -0.2) is 125 Å². The van der Waals surface area contributed by atoms with Gasteiger partial charge in [0.2, 0.25) is 24.0 Å². The summed E-state index contributed by atoms with van der Waals surface area (Å²) in [5.74, 6) is -5.99. The molecule has 3 heterocycles. The van der Waals surface area contributed by atoms with E-state index in [1.54, 1.807) is 42.5 Å². The summed E-state index contributed by atoms with van der Waals surface area (Å²) in [6, 6.07) is 16.3. The lowest BCUT2D eigenvalue weighted by Gasteiger charge is -2.54. The molecular weight excluding hydrogens is 883 g/mol. The molecule has 62 heavy (non-hydrogen) atoms. The fraction of sp³-hybridized carbons (Fsp3) is 0.537. The molecule has 0 aliphatic carbocycles. The molecule has 21 heteroatoms. The highest BCUT2D eigenvalue weighted by molar-refractivity contribution is 6.76. The number of benzene rings is 2. The zero-order valence-electron chi connectivity index (χ0n) is 34.5.